The lowest BCUT2D eigenvalue weighted by atomic mass is 9.95. The van der Waals surface area contributed by atoms with Gasteiger partial charge in [0.2, 0.25) is 5.91 Å². The van der Waals surface area contributed by atoms with Gasteiger partial charge in [0, 0.05) is 0 Å². The number of benzene rings is 2. The average molecular weight is 327 g/mol. The molecule has 0 radical (unpaired) electrons. The third-order valence-corrected chi connectivity index (χ3v) is 4.22. The zero-order valence-electron chi connectivity index (χ0n) is 13.1. The molecule has 5 heteroatoms. The fourth-order valence-electron chi connectivity index (χ4n) is 2.65. The van der Waals surface area contributed by atoms with Gasteiger partial charge in [-0.2, -0.15) is 0 Å². The topological polar surface area (TPSA) is 55.4 Å². The molecule has 1 saturated carbocycles. The van der Waals surface area contributed by atoms with Crippen LogP contribution in [0.4, 0.5) is 4.39 Å². The van der Waals surface area contributed by atoms with Crippen molar-refractivity contribution >= 4 is 11.9 Å². The van der Waals surface area contributed by atoms with Gasteiger partial charge in [0.05, 0.1) is 5.41 Å². The quantitative estimate of drug-likeness (QED) is 0.830. The van der Waals surface area contributed by atoms with Crippen molar-refractivity contribution in [3.8, 4) is 0 Å². The number of ether oxygens (including phenoxy) is 1. The van der Waals surface area contributed by atoms with Crippen molar-refractivity contribution < 1.29 is 18.7 Å². The van der Waals surface area contributed by atoms with Crippen molar-refractivity contribution in [3.05, 3.63) is 71.5 Å². The second-order valence-electron chi connectivity index (χ2n) is 5.92. The zero-order chi connectivity index (χ0) is 17.0. The predicted octanol–water partition coefficient (Wildman–Crippen LogP) is 2.72. The van der Waals surface area contributed by atoms with Crippen LogP contribution in [-0.2, 0) is 26.3 Å². The first kappa shape index (κ1) is 16.2. The number of hydrogen-bond donors (Lipinski definition) is 1. The number of carbonyl (C=O) groups excluding carboxylic acids is 2. The molecule has 0 saturated heterocycles. The van der Waals surface area contributed by atoms with E-state index in [0.717, 1.165) is 11.1 Å². The first-order valence-corrected chi connectivity index (χ1v) is 7.84. The Morgan fingerprint density at radius 3 is 2.33 bits per heavy atom. The van der Waals surface area contributed by atoms with Gasteiger partial charge in [-0.1, -0.05) is 42.5 Å². The lowest BCUT2D eigenvalue weighted by molar-refractivity contribution is -0.145. The fourth-order valence-corrected chi connectivity index (χ4v) is 2.65. The summed E-state index contributed by atoms with van der Waals surface area (Å²) in [5.41, 5.74) is 1.04. The van der Waals surface area contributed by atoms with Crippen molar-refractivity contribution in [3.63, 3.8) is 0 Å². The van der Waals surface area contributed by atoms with E-state index in [1.165, 1.54) is 12.1 Å². The highest BCUT2D eigenvalue weighted by atomic mass is 19.1. The summed E-state index contributed by atoms with van der Waals surface area (Å²) in [4.78, 5) is 24.1. The van der Waals surface area contributed by atoms with E-state index >= 15 is 0 Å². The van der Waals surface area contributed by atoms with Crippen LogP contribution < -0.4 is 5.32 Å². The highest BCUT2D eigenvalue weighted by Gasteiger charge is 2.51. The zero-order valence-corrected chi connectivity index (χ0v) is 13.1. The van der Waals surface area contributed by atoms with Gasteiger partial charge in [-0.05, 0) is 36.1 Å². The number of halogens is 1. The summed E-state index contributed by atoms with van der Waals surface area (Å²) in [6.45, 7) is 0.00720. The van der Waals surface area contributed by atoms with Gasteiger partial charge in [0.25, 0.3) is 0 Å². The Morgan fingerprint density at radius 2 is 1.71 bits per heavy atom. The molecule has 0 atom stereocenters. The van der Waals surface area contributed by atoms with Gasteiger partial charge in [0.1, 0.15) is 19.0 Å². The van der Waals surface area contributed by atoms with E-state index in [1.807, 2.05) is 30.3 Å². The molecular weight excluding hydrogens is 309 g/mol. The highest BCUT2D eigenvalue weighted by Crippen LogP contribution is 2.48. The summed E-state index contributed by atoms with van der Waals surface area (Å²) in [5, 5.41) is 2.63. The van der Waals surface area contributed by atoms with Crippen LogP contribution in [0, 0.1) is 5.82 Å². The minimum atomic E-state index is -0.632. The second kappa shape index (κ2) is 6.83. The highest BCUT2D eigenvalue weighted by molar-refractivity contribution is 5.93. The third-order valence-electron chi connectivity index (χ3n) is 4.22. The van der Waals surface area contributed by atoms with Crippen LogP contribution in [0.2, 0.25) is 0 Å². The number of carbonyl (C=O) groups is 2. The van der Waals surface area contributed by atoms with E-state index in [1.54, 1.807) is 12.1 Å². The standard InChI is InChI=1S/C19H18FNO3/c20-16-8-6-15(7-9-16)19(10-11-19)18(23)21-12-17(22)24-13-14-4-2-1-3-5-14/h1-9H,10-13H2,(H,21,23). The van der Waals surface area contributed by atoms with Crippen LogP contribution in [0.3, 0.4) is 0 Å². The van der Waals surface area contributed by atoms with E-state index < -0.39 is 11.4 Å². The molecule has 124 valence electrons. The summed E-state index contributed by atoms with van der Waals surface area (Å²) in [6.07, 6.45) is 1.40. The first-order valence-electron chi connectivity index (χ1n) is 7.84. The van der Waals surface area contributed by atoms with Crippen LogP contribution in [0.5, 0.6) is 0 Å². The molecule has 2 aromatic rings. The van der Waals surface area contributed by atoms with Crippen LogP contribution in [-0.4, -0.2) is 18.4 Å². The molecule has 24 heavy (non-hydrogen) atoms. The van der Waals surface area contributed by atoms with Crippen LogP contribution >= 0.6 is 0 Å². The molecule has 0 unspecified atom stereocenters. The molecule has 1 aliphatic rings. The third kappa shape index (κ3) is 3.62. The molecular formula is C19H18FNO3. The maximum absolute atomic E-state index is 13.0. The molecule has 1 fully saturated rings. The lowest BCUT2D eigenvalue weighted by Gasteiger charge is -2.15. The van der Waals surface area contributed by atoms with Crippen LogP contribution in [0.15, 0.2) is 54.6 Å². The Morgan fingerprint density at radius 1 is 1.04 bits per heavy atom. The fraction of sp³-hybridized carbons (Fsp3) is 0.263. The molecule has 1 aliphatic carbocycles. The minimum Gasteiger partial charge on any atom is -0.460 e. The summed E-state index contributed by atoms with van der Waals surface area (Å²) in [6, 6.07) is 15.3. The Hall–Kier alpha value is -2.69. The monoisotopic (exact) mass is 327 g/mol. The van der Waals surface area contributed by atoms with Gasteiger partial charge in [-0.25, -0.2) is 4.39 Å². The van der Waals surface area contributed by atoms with Gasteiger partial charge in [0.15, 0.2) is 0 Å². The molecule has 0 bridgehead atoms. The summed E-state index contributed by atoms with van der Waals surface area (Å²) in [5.74, 6) is -1.03. The number of esters is 1. The second-order valence-corrected chi connectivity index (χ2v) is 5.92. The van der Waals surface area contributed by atoms with Gasteiger partial charge < -0.3 is 10.1 Å². The predicted molar refractivity (Wildman–Crippen MR) is 86.6 cm³/mol. The summed E-state index contributed by atoms with van der Waals surface area (Å²) >= 11 is 0. The van der Waals surface area contributed by atoms with Crippen LogP contribution in [0.25, 0.3) is 0 Å². The van der Waals surface area contributed by atoms with Crippen LogP contribution in [0.1, 0.15) is 24.0 Å². The normalized spacial score (nSPS) is 14.7. The Bertz CT molecular complexity index is 724. The smallest absolute Gasteiger partial charge is 0.325 e. The largest absolute Gasteiger partial charge is 0.460 e. The van der Waals surface area contributed by atoms with Crippen molar-refractivity contribution in [2.45, 2.75) is 24.9 Å². The van der Waals surface area contributed by atoms with Crippen molar-refractivity contribution in [2.24, 2.45) is 0 Å². The van der Waals surface area contributed by atoms with Crippen molar-refractivity contribution in [2.75, 3.05) is 6.54 Å². The molecule has 3 rings (SSSR count). The molecule has 0 aliphatic heterocycles. The molecule has 0 heterocycles. The maximum Gasteiger partial charge on any atom is 0.325 e. The van der Waals surface area contributed by atoms with E-state index in [9.17, 15) is 14.0 Å². The Balaban J connectivity index is 1.50. The summed E-state index contributed by atoms with van der Waals surface area (Å²) in [7, 11) is 0. The molecule has 2 aromatic carbocycles. The van der Waals surface area contributed by atoms with E-state index in [-0.39, 0.29) is 24.9 Å². The van der Waals surface area contributed by atoms with E-state index in [0.29, 0.717) is 12.8 Å². The number of amides is 1. The number of nitrogens with one attached hydrogen (secondary N) is 1. The molecule has 0 aromatic heterocycles. The lowest BCUT2D eigenvalue weighted by Crippen LogP contribution is -2.38. The summed E-state index contributed by atoms with van der Waals surface area (Å²) < 4.78 is 18.1. The Kier molecular flexibility index (Phi) is 4.60. The number of hydrogen-bond acceptors (Lipinski definition) is 3. The van der Waals surface area contributed by atoms with Gasteiger partial charge in [-0.3, -0.25) is 9.59 Å². The average Bonchev–Trinajstić information content (AvgIpc) is 3.41. The SMILES string of the molecule is O=C(CNC(=O)C1(c2ccc(F)cc2)CC1)OCc1ccccc1. The molecule has 0 spiro atoms. The molecule has 4 nitrogen and oxygen atoms in total. The van der Waals surface area contributed by atoms with E-state index in [2.05, 4.69) is 5.32 Å². The number of rotatable bonds is 6. The van der Waals surface area contributed by atoms with Gasteiger partial charge in [-0.15, -0.1) is 0 Å². The van der Waals surface area contributed by atoms with Gasteiger partial charge >= 0.3 is 5.97 Å². The molecule has 1 N–H and O–H groups in total. The minimum absolute atomic E-state index is 0.172. The maximum atomic E-state index is 13.0. The Labute approximate surface area is 139 Å². The van der Waals surface area contributed by atoms with Crippen molar-refractivity contribution in [1.29, 1.82) is 0 Å². The first-order chi connectivity index (χ1) is 11.6. The molecule has 1 amide bonds. The van der Waals surface area contributed by atoms with Crippen molar-refractivity contribution in [1.82, 2.24) is 5.32 Å². The van der Waals surface area contributed by atoms with E-state index in [4.69, 9.17) is 4.74 Å².